The topological polar surface area (TPSA) is 61.7 Å². The molecule has 1 N–H and O–H groups in total. The summed E-state index contributed by atoms with van der Waals surface area (Å²) in [6, 6.07) is 15.9. The molecule has 0 aliphatic heterocycles. The smallest absolute Gasteiger partial charge is 0.149 e. The maximum atomic E-state index is 9.57. The second-order valence-corrected chi connectivity index (χ2v) is 5.66. The van der Waals surface area contributed by atoms with Crippen molar-refractivity contribution in [2.45, 2.75) is 20.3 Å². The van der Waals surface area contributed by atoms with Crippen LogP contribution in [0, 0.1) is 18.3 Å². The Bertz CT molecular complexity index is 931. The third-order valence-electron chi connectivity index (χ3n) is 3.69. The molecule has 0 spiro atoms. The van der Waals surface area contributed by atoms with E-state index in [9.17, 15) is 5.26 Å². The molecule has 3 aromatic rings. The average Bonchev–Trinajstić information content (AvgIpc) is 3.01. The number of rotatable bonds is 5. The molecule has 24 heavy (non-hydrogen) atoms. The molecule has 0 aliphatic rings. The summed E-state index contributed by atoms with van der Waals surface area (Å²) in [5.41, 5.74) is 4.29. The molecule has 3 rings (SSSR count). The Balaban J connectivity index is 2.01. The molecule has 0 aliphatic carbocycles. The molecule has 4 nitrogen and oxygen atoms in total. The zero-order valence-electron chi connectivity index (χ0n) is 13.8. The van der Waals surface area contributed by atoms with Gasteiger partial charge in [-0.05, 0) is 43.2 Å². The molecule has 0 saturated carbocycles. The Kier molecular flexibility index (Phi) is 4.62. The van der Waals surface area contributed by atoms with E-state index in [-0.39, 0.29) is 0 Å². The standard InChI is InChI=1S/C20H19N3O/c1-3-10-24-19-7-5-4-6-15(19)12-16(13-21)20-22-17-9-8-14(2)11-18(17)23-20/h4-9,11-12H,3,10H2,1-2H3,(H,22,23)/b16-12+. The number of ether oxygens (including phenoxy) is 1. The fourth-order valence-electron chi connectivity index (χ4n) is 2.50. The van der Waals surface area contributed by atoms with Crippen LogP contribution in [0.5, 0.6) is 5.75 Å². The van der Waals surface area contributed by atoms with Gasteiger partial charge in [0.2, 0.25) is 0 Å². The van der Waals surface area contributed by atoms with Gasteiger partial charge in [-0.1, -0.05) is 31.2 Å². The number of fused-ring (bicyclic) bond motifs is 1. The first kappa shape index (κ1) is 15.8. The Morgan fingerprint density at radius 2 is 2.12 bits per heavy atom. The van der Waals surface area contributed by atoms with E-state index in [0.717, 1.165) is 34.3 Å². The highest BCUT2D eigenvalue weighted by Crippen LogP contribution is 2.25. The van der Waals surface area contributed by atoms with Gasteiger partial charge in [0.25, 0.3) is 0 Å². The highest BCUT2D eigenvalue weighted by Gasteiger charge is 2.09. The van der Waals surface area contributed by atoms with E-state index >= 15 is 0 Å². The summed E-state index contributed by atoms with van der Waals surface area (Å²) in [5.74, 6) is 1.35. The number of nitrogens with zero attached hydrogens (tertiary/aromatic N) is 2. The first-order valence-electron chi connectivity index (χ1n) is 8.01. The van der Waals surface area contributed by atoms with Crippen LogP contribution in [0.2, 0.25) is 0 Å². The van der Waals surface area contributed by atoms with Crippen molar-refractivity contribution in [1.82, 2.24) is 9.97 Å². The van der Waals surface area contributed by atoms with Crippen molar-refractivity contribution in [3.63, 3.8) is 0 Å². The van der Waals surface area contributed by atoms with Crippen molar-refractivity contribution in [1.29, 1.82) is 5.26 Å². The van der Waals surface area contributed by atoms with Crippen molar-refractivity contribution in [3.05, 3.63) is 59.4 Å². The maximum Gasteiger partial charge on any atom is 0.149 e. The molecule has 0 radical (unpaired) electrons. The van der Waals surface area contributed by atoms with Gasteiger partial charge >= 0.3 is 0 Å². The van der Waals surface area contributed by atoms with E-state index in [1.54, 1.807) is 0 Å². The molecule has 2 aromatic carbocycles. The maximum absolute atomic E-state index is 9.57. The van der Waals surface area contributed by atoms with Gasteiger partial charge in [-0.3, -0.25) is 0 Å². The van der Waals surface area contributed by atoms with Crippen LogP contribution < -0.4 is 4.74 Å². The molecule has 0 amide bonds. The number of imidazole rings is 1. The number of nitriles is 1. The summed E-state index contributed by atoms with van der Waals surface area (Å²) in [4.78, 5) is 7.75. The van der Waals surface area contributed by atoms with E-state index < -0.39 is 0 Å². The molecular formula is C20H19N3O. The molecule has 0 saturated heterocycles. The average molecular weight is 317 g/mol. The Labute approximate surface area is 141 Å². The summed E-state index contributed by atoms with van der Waals surface area (Å²) in [5, 5.41) is 9.57. The number of hydrogen-bond donors (Lipinski definition) is 1. The van der Waals surface area contributed by atoms with Crippen LogP contribution in [0.4, 0.5) is 0 Å². The molecule has 0 atom stereocenters. The Morgan fingerprint density at radius 3 is 2.92 bits per heavy atom. The highest BCUT2D eigenvalue weighted by atomic mass is 16.5. The first-order chi connectivity index (χ1) is 11.7. The van der Waals surface area contributed by atoms with Gasteiger partial charge < -0.3 is 9.72 Å². The lowest BCUT2D eigenvalue weighted by molar-refractivity contribution is 0.317. The lowest BCUT2D eigenvalue weighted by Crippen LogP contribution is -1.97. The number of benzene rings is 2. The predicted molar refractivity (Wildman–Crippen MR) is 96.5 cm³/mol. The molecule has 1 aromatic heterocycles. The van der Waals surface area contributed by atoms with Crippen molar-refractivity contribution in [2.24, 2.45) is 0 Å². The molecular weight excluding hydrogens is 298 g/mol. The van der Waals surface area contributed by atoms with Crippen LogP contribution in [-0.2, 0) is 0 Å². The number of para-hydroxylation sites is 1. The largest absolute Gasteiger partial charge is 0.493 e. The summed E-state index contributed by atoms with van der Waals surface area (Å²) >= 11 is 0. The zero-order chi connectivity index (χ0) is 16.9. The summed E-state index contributed by atoms with van der Waals surface area (Å²) < 4.78 is 5.76. The minimum absolute atomic E-state index is 0.483. The Hall–Kier alpha value is -3.06. The van der Waals surface area contributed by atoms with Crippen molar-refractivity contribution >= 4 is 22.7 Å². The predicted octanol–water partition coefficient (Wildman–Crippen LogP) is 4.72. The van der Waals surface area contributed by atoms with Gasteiger partial charge in [-0.2, -0.15) is 5.26 Å². The summed E-state index contributed by atoms with van der Waals surface area (Å²) in [6.45, 7) is 4.74. The fraction of sp³-hybridized carbons (Fsp3) is 0.200. The van der Waals surface area contributed by atoms with E-state index in [2.05, 4.69) is 23.0 Å². The van der Waals surface area contributed by atoms with Crippen LogP contribution in [-0.4, -0.2) is 16.6 Å². The van der Waals surface area contributed by atoms with Gasteiger partial charge in [0, 0.05) is 5.56 Å². The third-order valence-corrected chi connectivity index (χ3v) is 3.69. The summed E-state index contributed by atoms with van der Waals surface area (Å²) in [7, 11) is 0. The lowest BCUT2D eigenvalue weighted by Gasteiger charge is -2.08. The SMILES string of the molecule is CCCOc1ccccc1/C=C(\C#N)c1nc2ccc(C)cc2[nH]1. The Morgan fingerprint density at radius 1 is 1.29 bits per heavy atom. The van der Waals surface area contributed by atoms with Crippen LogP contribution in [0.3, 0.4) is 0 Å². The van der Waals surface area contributed by atoms with Gasteiger partial charge in [0.15, 0.2) is 0 Å². The van der Waals surface area contributed by atoms with Gasteiger partial charge in [-0.25, -0.2) is 4.98 Å². The molecule has 120 valence electrons. The van der Waals surface area contributed by atoms with Gasteiger partial charge in [0.1, 0.15) is 17.6 Å². The molecule has 4 heteroatoms. The monoisotopic (exact) mass is 317 g/mol. The number of aryl methyl sites for hydroxylation is 1. The zero-order valence-corrected chi connectivity index (χ0v) is 13.8. The minimum Gasteiger partial charge on any atom is -0.493 e. The van der Waals surface area contributed by atoms with Gasteiger partial charge in [-0.15, -0.1) is 0 Å². The first-order valence-corrected chi connectivity index (χ1v) is 8.01. The minimum atomic E-state index is 0.483. The van der Waals surface area contributed by atoms with Crippen LogP contribution in [0.15, 0.2) is 42.5 Å². The van der Waals surface area contributed by atoms with Crippen molar-refractivity contribution < 1.29 is 4.74 Å². The number of aromatic amines is 1. The molecule has 0 fully saturated rings. The number of allylic oxidation sites excluding steroid dienone is 1. The number of hydrogen-bond acceptors (Lipinski definition) is 3. The van der Waals surface area contributed by atoms with Crippen molar-refractivity contribution in [3.8, 4) is 11.8 Å². The molecule has 1 heterocycles. The van der Waals surface area contributed by atoms with Crippen LogP contribution in [0.25, 0.3) is 22.7 Å². The molecule has 0 bridgehead atoms. The third kappa shape index (κ3) is 3.31. The summed E-state index contributed by atoms with van der Waals surface area (Å²) in [6.07, 6.45) is 2.75. The second-order valence-electron chi connectivity index (χ2n) is 5.66. The second kappa shape index (κ2) is 7.01. The van der Waals surface area contributed by atoms with Crippen LogP contribution >= 0.6 is 0 Å². The highest BCUT2D eigenvalue weighted by molar-refractivity contribution is 5.91. The number of nitrogens with one attached hydrogen (secondary N) is 1. The lowest BCUT2D eigenvalue weighted by atomic mass is 10.1. The number of aromatic nitrogens is 2. The van der Waals surface area contributed by atoms with E-state index in [4.69, 9.17) is 4.74 Å². The van der Waals surface area contributed by atoms with Crippen LogP contribution in [0.1, 0.15) is 30.3 Å². The van der Waals surface area contributed by atoms with E-state index in [1.165, 1.54) is 0 Å². The van der Waals surface area contributed by atoms with E-state index in [0.29, 0.717) is 18.0 Å². The van der Waals surface area contributed by atoms with Gasteiger partial charge in [0.05, 0.1) is 23.2 Å². The fourth-order valence-corrected chi connectivity index (χ4v) is 2.50. The normalized spacial score (nSPS) is 11.5. The quantitative estimate of drug-likeness (QED) is 0.692. The number of H-pyrrole nitrogens is 1. The molecule has 0 unspecified atom stereocenters. The van der Waals surface area contributed by atoms with E-state index in [1.807, 2.05) is 55.5 Å². The van der Waals surface area contributed by atoms with Crippen molar-refractivity contribution in [2.75, 3.05) is 6.61 Å².